The molecule has 1 aliphatic rings. The summed E-state index contributed by atoms with van der Waals surface area (Å²) in [6.07, 6.45) is -2.73. The van der Waals surface area contributed by atoms with Crippen LogP contribution < -0.4 is 27.2 Å². The minimum absolute atomic E-state index is 0.0530. The Morgan fingerprint density at radius 3 is 2.12 bits per heavy atom. The Labute approximate surface area is 235 Å². The summed E-state index contributed by atoms with van der Waals surface area (Å²) in [4.78, 5) is 58.6. The fourth-order valence-electron chi connectivity index (χ4n) is 4.71. The van der Waals surface area contributed by atoms with Crippen LogP contribution in [0.1, 0.15) is 34.6 Å². The highest BCUT2D eigenvalue weighted by atomic mass is 16.5. The van der Waals surface area contributed by atoms with Crippen LogP contribution in [-0.2, 0) is 32.1 Å². The molecule has 3 aromatic carbocycles. The summed E-state index contributed by atoms with van der Waals surface area (Å²) in [5.41, 5.74) is 14.8. The summed E-state index contributed by atoms with van der Waals surface area (Å²) in [6, 6.07) is 21.7. The first-order chi connectivity index (χ1) is 19.7. The predicted molar refractivity (Wildman–Crippen MR) is 147 cm³/mol. The van der Waals surface area contributed by atoms with Crippen molar-refractivity contribution in [3.05, 3.63) is 95.1 Å². The first kappa shape index (κ1) is 28.6. The van der Waals surface area contributed by atoms with Gasteiger partial charge >= 0.3 is 12.2 Å². The van der Waals surface area contributed by atoms with Gasteiger partial charge in [-0.25, -0.2) is 9.59 Å². The predicted octanol–water partition coefficient (Wildman–Crippen LogP) is 1.93. The van der Waals surface area contributed by atoms with E-state index in [0.717, 1.165) is 22.3 Å². The molecular formula is C29H29N5O7. The molecule has 0 bridgehead atoms. The molecule has 12 nitrogen and oxygen atoms in total. The number of benzene rings is 3. The maximum absolute atomic E-state index is 12.5. The highest BCUT2D eigenvalue weighted by Gasteiger charge is 2.29. The Morgan fingerprint density at radius 1 is 0.854 bits per heavy atom. The number of carbonyl (C=O) groups excluding carboxylic acids is 4. The molecule has 0 unspecified atom stereocenters. The molecular weight excluding hydrogens is 530 g/mol. The fourth-order valence-corrected chi connectivity index (χ4v) is 4.71. The van der Waals surface area contributed by atoms with Gasteiger partial charge in [0, 0.05) is 18.9 Å². The molecule has 3 aromatic rings. The largest absolute Gasteiger partial charge is 0.465 e. The number of amides is 5. The quantitative estimate of drug-likeness (QED) is 0.162. The molecule has 0 saturated carbocycles. The highest BCUT2D eigenvalue weighted by molar-refractivity contribution is 5.97. The second-order valence-electron chi connectivity index (χ2n) is 9.39. The van der Waals surface area contributed by atoms with Crippen LogP contribution in [0.3, 0.4) is 0 Å². The second kappa shape index (κ2) is 13.1. The fraction of sp³-hybridized carbons (Fsp3) is 0.207. The van der Waals surface area contributed by atoms with E-state index >= 15 is 0 Å². The van der Waals surface area contributed by atoms with Crippen LogP contribution in [-0.4, -0.2) is 47.7 Å². The number of primary amides is 1. The van der Waals surface area contributed by atoms with Crippen LogP contribution >= 0.6 is 0 Å². The van der Waals surface area contributed by atoms with Crippen LogP contribution in [0, 0.1) is 0 Å². The van der Waals surface area contributed by atoms with Crippen LogP contribution in [0.5, 0.6) is 0 Å². The van der Waals surface area contributed by atoms with Crippen LogP contribution in [0.4, 0.5) is 9.59 Å². The van der Waals surface area contributed by atoms with Crippen molar-refractivity contribution in [2.24, 2.45) is 5.73 Å². The van der Waals surface area contributed by atoms with Crippen molar-refractivity contribution in [1.82, 2.24) is 21.5 Å². The van der Waals surface area contributed by atoms with Crippen molar-refractivity contribution < 1.29 is 33.8 Å². The Bertz CT molecular complexity index is 1430. The Kier molecular flexibility index (Phi) is 9.15. The normalized spacial score (nSPS) is 12.3. The minimum Gasteiger partial charge on any atom is -0.465 e. The van der Waals surface area contributed by atoms with Crippen LogP contribution in [0.2, 0.25) is 0 Å². The van der Waals surface area contributed by atoms with E-state index in [-0.39, 0.29) is 25.5 Å². The summed E-state index contributed by atoms with van der Waals surface area (Å²) in [5.74, 6) is -2.64. The molecule has 0 radical (unpaired) electrons. The number of carbonyl (C=O) groups is 5. The number of nitrogens with two attached hydrogens (primary N) is 1. The van der Waals surface area contributed by atoms with E-state index in [1.165, 1.54) is 0 Å². The number of hydrogen-bond donors (Lipinski definition) is 6. The van der Waals surface area contributed by atoms with E-state index in [9.17, 15) is 24.0 Å². The van der Waals surface area contributed by atoms with Gasteiger partial charge in [0.2, 0.25) is 11.8 Å². The molecule has 41 heavy (non-hydrogen) atoms. The van der Waals surface area contributed by atoms with Gasteiger partial charge in [0.05, 0.1) is 0 Å². The SMILES string of the molecule is NC(=O)CC(=O)NNC(=O)[C@H](Cc1cccc(CNC(=O)OCC2c3ccccc3-c3ccccc32)c1)NC(=O)O. The van der Waals surface area contributed by atoms with E-state index in [1.54, 1.807) is 24.3 Å². The summed E-state index contributed by atoms with van der Waals surface area (Å²) in [6.45, 7) is 0.310. The minimum atomic E-state index is -1.44. The molecule has 4 rings (SSSR count). The van der Waals surface area contributed by atoms with Crippen molar-refractivity contribution in [2.75, 3.05) is 6.61 Å². The summed E-state index contributed by atoms with van der Waals surface area (Å²) < 4.78 is 5.56. The lowest BCUT2D eigenvalue weighted by atomic mass is 9.98. The van der Waals surface area contributed by atoms with Gasteiger partial charge in [0.15, 0.2) is 0 Å². The van der Waals surface area contributed by atoms with Gasteiger partial charge in [0.1, 0.15) is 19.1 Å². The molecule has 0 aromatic heterocycles. The lowest BCUT2D eigenvalue weighted by Gasteiger charge is -2.18. The highest BCUT2D eigenvalue weighted by Crippen LogP contribution is 2.44. The van der Waals surface area contributed by atoms with Crippen molar-refractivity contribution in [3.63, 3.8) is 0 Å². The number of nitrogens with one attached hydrogen (secondary N) is 4. The average Bonchev–Trinajstić information content (AvgIpc) is 3.26. The molecule has 0 fully saturated rings. The number of carboxylic acid groups (broad SMARTS) is 1. The second-order valence-corrected chi connectivity index (χ2v) is 9.39. The van der Waals surface area contributed by atoms with E-state index in [2.05, 4.69) is 28.2 Å². The van der Waals surface area contributed by atoms with Gasteiger partial charge in [-0.1, -0.05) is 72.8 Å². The summed E-state index contributed by atoms with van der Waals surface area (Å²) in [5, 5.41) is 14.0. The number of alkyl carbamates (subject to hydrolysis) is 1. The lowest BCUT2D eigenvalue weighted by Crippen LogP contribution is -2.53. The van der Waals surface area contributed by atoms with Crippen molar-refractivity contribution in [1.29, 1.82) is 0 Å². The summed E-state index contributed by atoms with van der Waals surface area (Å²) in [7, 11) is 0. The standard InChI is InChI=1S/C29H29N5O7/c30-25(35)14-26(36)33-34-27(37)24(32-28(38)39)13-17-6-5-7-18(12-17)15-31-29(40)41-16-23-21-10-3-1-8-19(21)20-9-2-4-11-22(20)23/h1-12,23-24,32H,13-16H2,(H2,30,35)(H,31,40)(H,33,36)(H,34,37)(H,38,39)/t24-/m0/s1. The Balaban J connectivity index is 1.31. The molecule has 0 aliphatic heterocycles. The molecule has 0 heterocycles. The Hall–Kier alpha value is -5.39. The van der Waals surface area contributed by atoms with Crippen LogP contribution in [0.25, 0.3) is 11.1 Å². The molecule has 0 saturated heterocycles. The van der Waals surface area contributed by atoms with Crippen molar-refractivity contribution in [2.45, 2.75) is 31.3 Å². The van der Waals surface area contributed by atoms with Crippen LogP contribution in [0.15, 0.2) is 72.8 Å². The lowest BCUT2D eigenvalue weighted by molar-refractivity contribution is -0.132. The van der Waals surface area contributed by atoms with Crippen molar-refractivity contribution >= 4 is 29.9 Å². The van der Waals surface area contributed by atoms with Gasteiger partial charge in [-0.15, -0.1) is 0 Å². The number of ether oxygens (including phenoxy) is 1. The number of hydrogen-bond acceptors (Lipinski definition) is 6. The number of rotatable bonds is 10. The third kappa shape index (κ3) is 7.60. The van der Waals surface area contributed by atoms with Gasteiger partial charge in [-0.3, -0.25) is 25.2 Å². The topological polar surface area (TPSA) is 189 Å². The van der Waals surface area contributed by atoms with Gasteiger partial charge in [-0.2, -0.15) is 0 Å². The number of hydrazine groups is 1. The van der Waals surface area contributed by atoms with E-state index in [1.807, 2.05) is 41.8 Å². The first-order valence-corrected chi connectivity index (χ1v) is 12.7. The maximum Gasteiger partial charge on any atom is 0.407 e. The van der Waals surface area contributed by atoms with E-state index in [0.29, 0.717) is 11.1 Å². The third-order valence-electron chi connectivity index (χ3n) is 6.49. The van der Waals surface area contributed by atoms with E-state index in [4.69, 9.17) is 15.6 Å². The van der Waals surface area contributed by atoms with Gasteiger partial charge in [0.25, 0.3) is 5.91 Å². The molecule has 5 amide bonds. The Morgan fingerprint density at radius 2 is 1.49 bits per heavy atom. The molecule has 1 aliphatic carbocycles. The zero-order chi connectivity index (χ0) is 29.4. The van der Waals surface area contributed by atoms with Gasteiger partial charge < -0.3 is 26.2 Å². The summed E-state index contributed by atoms with van der Waals surface area (Å²) >= 11 is 0. The average molecular weight is 560 g/mol. The number of fused-ring (bicyclic) bond motifs is 3. The zero-order valence-electron chi connectivity index (χ0n) is 21.9. The monoisotopic (exact) mass is 559 g/mol. The molecule has 0 spiro atoms. The maximum atomic E-state index is 12.5. The first-order valence-electron chi connectivity index (χ1n) is 12.7. The molecule has 212 valence electrons. The zero-order valence-corrected chi connectivity index (χ0v) is 21.9. The third-order valence-corrected chi connectivity index (χ3v) is 6.49. The molecule has 7 N–H and O–H groups in total. The van der Waals surface area contributed by atoms with Gasteiger partial charge in [-0.05, 0) is 33.4 Å². The molecule has 1 atom stereocenters. The smallest absolute Gasteiger partial charge is 0.407 e. The van der Waals surface area contributed by atoms with E-state index < -0.39 is 42.4 Å². The van der Waals surface area contributed by atoms with Crippen molar-refractivity contribution in [3.8, 4) is 11.1 Å². The molecule has 12 heteroatoms.